The van der Waals surface area contributed by atoms with E-state index in [0.717, 1.165) is 17.8 Å². The number of phenolic OH excluding ortho intramolecular Hbond substituents is 1. The molecule has 0 amide bonds. The second kappa shape index (κ2) is 8.17. The zero-order valence-corrected chi connectivity index (χ0v) is 16.8. The maximum Gasteiger partial charge on any atom is 0.187 e. The maximum atomic E-state index is 14.5. The standard InChI is InChI=1S/C22H19F3N4O2/c1-12-7-14-19(31-2)4-3-15(23)21(14)29(12)6-5-26-20-10-18(27-11-28-20)13-8-16(24)22(30)17(25)9-13/h3-4,7-11,30H,5-6H2,1-2H3,(H,26,27,28). The van der Waals surface area contributed by atoms with Crippen molar-refractivity contribution in [3.8, 4) is 22.8 Å². The Morgan fingerprint density at radius 3 is 2.48 bits per heavy atom. The van der Waals surface area contributed by atoms with Crippen molar-refractivity contribution >= 4 is 16.7 Å². The molecular weight excluding hydrogens is 409 g/mol. The number of ether oxygens (including phenoxy) is 1. The number of hydrogen-bond acceptors (Lipinski definition) is 5. The molecule has 2 N–H and O–H groups in total. The number of hydrogen-bond donors (Lipinski definition) is 2. The lowest BCUT2D eigenvalue weighted by Gasteiger charge is -2.12. The number of rotatable bonds is 6. The fourth-order valence-corrected chi connectivity index (χ4v) is 3.53. The van der Waals surface area contributed by atoms with Gasteiger partial charge in [0.05, 0.1) is 18.3 Å². The molecule has 0 aliphatic heterocycles. The fraction of sp³-hybridized carbons (Fsp3) is 0.182. The number of methoxy groups -OCH3 is 1. The number of nitrogens with zero attached hydrogens (tertiary/aromatic N) is 3. The summed E-state index contributed by atoms with van der Waals surface area (Å²) in [5.41, 5.74) is 1.78. The first kappa shape index (κ1) is 20.5. The highest BCUT2D eigenvalue weighted by Gasteiger charge is 2.15. The minimum Gasteiger partial charge on any atom is -0.503 e. The quantitative estimate of drug-likeness (QED) is 0.468. The first-order valence-electron chi connectivity index (χ1n) is 9.45. The van der Waals surface area contributed by atoms with Crippen molar-refractivity contribution in [2.45, 2.75) is 13.5 Å². The smallest absolute Gasteiger partial charge is 0.187 e. The number of aromatic hydroxyl groups is 1. The molecule has 0 unspecified atom stereocenters. The van der Waals surface area contributed by atoms with Crippen LogP contribution < -0.4 is 10.1 Å². The van der Waals surface area contributed by atoms with Gasteiger partial charge in [0.15, 0.2) is 17.4 Å². The second-order valence-corrected chi connectivity index (χ2v) is 6.95. The first-order chi connectivity index (χ1) is 14.9. The number of fused-ring (bicyclic) bond motifs is 1. The molecule has 0 spiro atoms. The van der Waals surface area contributed by atoms with Crippen molar-refractivity contribution in [3.05, 3.63) is 65.9 Å². The zero-order valence-electron chi connectivity index (χ0n) is 16.8. The Labute approximate surface area is 175 Å². The number of anilines is 1. The van der Waals surface area contributed by atoms with Crippen LogP contribution in [0.1, 0.15) is 5.69 Å². The molecule has 0 aliphatic rings. The highest BCUT2D eigenvalue weighted by atomic mass is 19.1. The predicted octanol–water partition coefficient (Wildman–Crippen LogP) is 4.65. The molecule has 160 valence electrons. The lowest BCUT2D eigenvalue weighted by molar-refractivity contribution is 0.396. The molecule has 31 heavy (non-hydrogen) atoms. The number of benzene rings is 2. The van der Waals surface area contributed by atoms with Gasteiger partial charge < -0.3 is 19.7 Å². The van der Waals surface area contributed by atoms with E-state index in [9.17, 15) is 18.3 Å². The Morgan fingerprint density at radius 1 is 1.03 bits per heavy atom. The lowest BCUT2D eigenvalue weighted by atomic mass is 10.1. The van der Waals surface area contributed by atoms with Gasteiger partial charge >= 0.3 is 0 Å². The summed E-state index contributed by atoms with van der Waals surface area (Å²) >= 11 is 0. The van der Waals surface area contributed by atoms with Crippen LogP contribution >= 0.6 is 0 Å². The van der Waals surface area contributed by atoms with E-state index < -0.39 is 17.4 Å². The van der Waals surface area contributed by atoms with Gasteiger partial charge in [0, 0.05) is 35.8 Å². The summed E-state index contributed by atoms with van der Waals surface area (Å²) in [5.74, 6) is -2.49. The summed E-state index contributed by atoms with van der Waals surface area (Å²) in [6, 6.07) is 8.36. The minimum absolute atomic E-state index is 0.166. The molecular formula is C22H19F3N4O2. The van der Waals surface area contributed by atoms with E-state index in [1.165, 1.54) is 18.5 Å². The van der Waals surface area contributed by atoms with E-state index in [-0.39, 0.29) is 17.1 Å². The molecule has 0 aliphatic carbocycles. The van der Waals surface area contributed by atoms with Gasteiger partial charge in [0.2, 0.25) is 0 Å². The van der Waals surface area contributed by atoms with Crippen molar-refractivity contribution in [3.63, 3.8) is 0 Å². The normalized spacial score (nSPS) is 11.1. The van der Waals surface area contributed by atoms with Crippen LogP contribution in [-0.4, -0.2) is 33.3 Å². The van der Waals surface area contributed by atoms with Gasteiger partial charge in [-0.2, -0.15) is 0 Å². The molecule has 9 heteroatoms. The van der Waals surface area contributed by atoms with E-state index in [1.807, 2.05) is 17.6 Å². The predicted molar refractivity (Wildman–Crippen MR) is 111 cm³/mol. The van der Waals surface area contributed by atoms with Crippen molar-refractivity contribution < 1.29 is 23.0 Å². The maximum absolute atomic E-state index is 14.5. The molecule has 0 fully saturated rings. The third kappa shape index (κ3) is 3.86. The third-order valence-electron chi connectivity index (χ3n) is 5.02. The molecule has 2 heterocycles. The summed E-state index contributed by atoms with van der Waals surface area (Å²) in [6.45, 7) is 2.74. The summed E-state index contributed by atoms with van der Waals surface area (Å²) in [4.78, 5) is 8.14. The van der Waals surface area contributed by atoms with Gasteiger partial charge in [0.25, 0.3) is 0 Å². The summed E-state index contributed by atoms with van der Waals surface area (Å²) in [6.07, 6.45) is 1.27. The second-order valence-electron chi connectivity index (χ2n) is 6.95. The summed E-state index contributed by atoms with van der Waals surface area (Å²) in [5, 5.41) is 13.1. The van der Waals surface area contributed by atoms with Crippen LogP contribution in [0.25, 0.3) is 22.2 Å². The number of aromatic nitrogens is 3. The van der Waals surface area contributed by atoms with Crippen molar-refractivity contribution in [2.24, 2.45) is 0 Å². The van der Waals surface area contributed by atoms with Gasteiger partial charge in [0.1, 0.15) is 23.7 Å². The molecule has 0 saturated heterocycles. The van der Waals surface area contributed by atoms with Crippen molar-refractivity contribution in [2.75, 3.05) is 19.0 Å². The molecule has 4 aromatic rings. The minimum atomic E-state index is -1.07. The first-order valence-corrected chi connectivity index (χ1v) is 9.45. The van der Waals surface area contributed by atoms with Crippen LogP contribution in [0.4, 0.5) is 19.0 Å². The van der Waals surface area contributed by atoms with Crippen molar-refractivity contribution in [1.82, 2.24) is 14.5 Å². The SMILES string of the molecule is COc1ccc(F)c2c1cc(C)n2CCNc1cc(-c2cc(F)c(O)c(F)c2)ncn1. The Hall–Kier alpha value is -3.75. The highest BCUT2D eigenvalue weighted by Crippen LogP contribution is 2.31. The molecule has 0 radical (unpaired) electrons. The summed E-state index contributed by atoms with van der Waals surface area (Å²) < 4.78 is 48.9. The number of nitrogens with one attached hydrogen (secondary N) is 1. The fourth-order valence-electron chi connectivity index (χ4n) is 3.53. The molecule has 0 saturated carbocycles. The Bertz CT molecular complexity index is 1250. The number of aryl methyl sites for hydroxylation is 1. The lowest BCUT2D eigenvalue weighted by Crippen LogP contribution is -2.13. The van der Waals surface area contributed by atoms with Crippen LogP contribution in [0.15, 0.2) is 42.7 Å². The average Bonchev–Trinajstić information content (AvgIpc) is 3.09. The van der Waals surface area contributed by atoms with Crippen LogP contribution in [0.2, 0.25) is 0 Å². The monoisotopic (exact) mass is 428 g/mol. The van der Waals surface area contributed by atoms with Crippen LogP contribution in [0.3, 0.4) is 0 Å². The zero-order chi connectivity index (χ0) is 22.1. The molecule has 2 aromatic carbocycles. The largest absolute Gasteiger partial charge is 0.503 e. The van der Waals surface area contributed by atoms with E-state index in [4.69, 9.17) is 4.74 Å². The van der Waals surface area contributed by atoms with Crippen LogP contribution in [0, 0.1) is 24.4 Å². The molecule has 2 aromatic heterocycles. The van der Waals surface area contributed by atoms with E-state index >= 15 is 0 Å². The molecule has 0 bridgehead atoms. The Morgan fingerprint density at radius 2 is 1.77 bits per heavy atom. The Kier molecular flexibility index (Phi) is 5.41. The van der Waals surface area contributed by atoms with E-state index in [1.54, 1.807) is 13.2 Å². The van der Waals surface area contributed by atoms with Gasteiger partial charge in [-0.25, -0.2) is 23.1 Å². The average molecular weight is 428 g/mol. The van der Waals surface area contributed by atoms with Gasteiger partial charge in [-0.05, 0) is 37.3 Å². The van der Waals surface area contributed by atoms with Gasteiger partial charge in [-0.3, -0.25) is 0 Å². The van der Waals surface area contributed by atoms with Crippen LogP contribution in [0.5, 0.6) is 11.5 Å². The molecule has 4 rings (SSSR count). The summed E-state index contributed by atoms with van der Waals surface area (Å²) in [7, 11) is 1.54. The van der Waals surface area contributed by atoms with Gasteiger partial charge in [-0.15, -0.1) is 0 Å². The molecule has 6 nitrogen and oxygen atoms in total. The highest BCUT2D eigenvalue weighted by molar-refractivity contribution is 5.88. The number of halogens is 3. The van der Waals surface area contributed by atoms with E-state index in [0.29, 0.717) is 35.6 Å². The Balaban J connectivity index is 1.54. The van der Waals surface area contributed by atoms with Crippen LogP contribution in [-0.2, 0) is 6.54 Å². The van der Waals surface area contributed by atoms with E-state index in [2.05, 4.69) is 15.3 Å². The third-order valence-corrected chi connectivity index (χ3v) is 5.02. The molecule has 0 atom stereocenters. The van der Waals surface area contributed by atoms with Gasteiger partial charge in [-0.1, -0.05) is 0 Å². The van der Waals surface area contributed by atoms with Crippen molar-refractivity contribution in [1.29, 1.82) is 0 Å². The number of phenols is 1. The topological polar surface area (TPSA) is 72.2 Å².